The van der Waals surface area contributed by atoms with Gasteiger partial charge < -0.3 is 19.8 Å². The van der Waals surface area contributed by atoms with Crippen molar-refractivity contribution in [2.24, 2.45) is 0 Å². The molecule has 0 radical (unpaired) electrons. The number of aromatic nitrogens is 2. The Balaban J connectivity index is 2.75. The number of aliphatic hydroxyl groups excluding tert-OH is 1. The SMILES string of the molecule is COCCN(CCO)c1ccc(C(=O)O)nn1. The van der Waals surface area contributed by atoms with Gasteiger partial charge in [-0.15, -0.1) is 10.2 Å². The van der Waals surface area contributed by atoms with E-state index in [0.717, 1.165) is 0 Å². The number of nitrogens with zero attached hydrogens (tertiary/aromatic N) is 3. The molecule has 0 aliphatic rings. The summed E-state index contributed by atoms with van der Waals surface area (Å²) in [4.78, 5) is 12.4. The first-order valence-electron chi connectivity index (χ1n) is 5.10. The monoisotopic (exact) mass is 241 g/mol. The highest BCUT2D eigenvalue weighted by molar-refractivity contribution is 5.85. The summed E-state index contributed by atoms with van der Waals surface area (Å²) in [5, 5.41) is 25.0. The van der Waals surface area contributed by atoms with Crippen molar-refractivity contribution in [3.63, 3.8) is 0 Å². The van der Waals surface area contributed by atoms with E-state index in [1.54, 1.807) is 18.1 Å². The molecular weight excluding hydrogens is 226 g/mol. The number of hydrogen-bond acceptors (Lipinski definition) is 6. The molecule has 17 heavy (non-hydrogen) atoms. The Bertz CT molecular complexity index is 355. The van der Waals surface area contributed by atoms with Gasteiger partial charge in [0.2, 0.25) is 0 Å². The van der Waals surface area contributed by atoms with Crippen molar-refractivity contribution in [2.75, 3.05) is 38.3 Å². The highest BCUT2D eigenvalue weighted by atomic mass is 16.5. The van der Waals surface area contributed by atoms with E-state index in [2.05, 4.69) is 10.2 Å². The molecule has 0 amide bonds. The molecule has 2 N–H and O–H groups in total. The molecule has 0 saturated heterocycles. The third-order valence-electron chi connectivity index (χ3n) is 2.13. The minimum absolute atomic E-state index is 0.0217. The van der Waals surface area contributed by atoms with Crippen LogP contribution in [0.3, 0.4) is 0 Å². The number of carboxylic acids is 1. The molecule has 0 unspecified atom stereocenters. The summed E-state index contributed by atoms with van der Waals surface area (Å²) < 4.78 is 4.94. The molecular formula is C10H15N3O4. The average Bonchev–Trinajstić information content (AvgIpc) is 2.34. The predicted molar refractivity (Wildman–Crippen MR) is 60.2 cm³/mol. The lowest BCUT2D eigenvalue weighted by molar-refractivity contribution is 0.0689. The van der Waals surface area contributed by atoms with E-state index in [4.69, 9.17) is 14.9 Å². The molecule has 0 bridgehead atoms. The van der Waals surface area contributed by atoms with E-state index in [0.29, 0.717) is 25.5 Å². The van der Waals surface area contributed by atoms with Crippen LogP contribution in [0.25, 0.3) is 0 Å². The molecule has 1 heterocycles. The van der Waals surface area contributed by atoms with Crippen LogP contribution in [0.2, 0.25) is 0 Å². The maximum Gasteiger partial charge on any atom is 0.356 e. The molecule has 0 saturated carbocycles. The number of methoxy groups -OCH3 is 1. The first-order chi connectivity index (χ1) is 8.19. The van der Waals surface area contributed by atoms with E-state index in [1.165, 1.54) is 6.07 Å². The number of carbonyl (C=O) groups is 1. The van der Waals surface area contributed by atoms with Gasteiger partial charge in [-0.1, -0.05) is 0 Å². The fraction of sp³-hybridized carbons (Fsp3) is 0.500. The Morgan fingerprint density at radius 1 is 1.41 bits per heavy atom. The second-order valence-corrected chi connectivity index (χ2v) is 3.29. The van der Waals surface area contributed by atoms with E-state index < -0.39 is 5.97 Å². The van der Waals surface area contributed by atoms with Gasteiger partial charge in [-0.25, -0.2) is 4.79 Å². The quantitative estimate of drug-likeness (QED) is 0.671. The van der Waals surface area contributed by atoms with Crippen molar-refractivity contribution in [2.45, 2.75) is 0 Å². The highest BCUT2D eigenvalue weighted by Gasteiger charge is 2.10. The number of hydrogen-bond donors (Lipinski definition) is 2. The molecule has 0 atom stereocenters. The standard InChI is InChI=1S/C10H15N3O4/c1-17-7-5-13(4-6-14)9-3-2-8(10(15)16)11-12-9/h2-3,14H,4-7H2,1H3,(H,15,16). The summed E-state index contributed by atoms with van der Waals surface area (Å²) >= 11 is 0. The van der Waals surface area contributed by atoms with Crippen molar-refractivity contribution >= 4 is 11.8 Å². The lowest BCUT2D eigenvalue weighted by Crippen LogP contribution is -2.31. The maximum atomic E-state index is 10.6. The second kappa shape index (κ2) is 6.77. The minimum atomic E-state index is -1.12. The molecule has 0 aliphatic carbocycles. The molecule has 1 rings (SSSR count). The van der Waals surface area contributed by atoms with Crippen LogP contribution in [0, 0.1) is 0 Å². The van der Waals surface area contributed by atoms with Crippen molar-refractivity contribution in [3.8, 4) is 0 Å². The molecule has 1 aromatic rings. The maximum absolute atomic E-state index is 10.6. The van der Waals surface area contributed by atoms with Gasteiger partial charge in [-0.05, 0) is 12.1 Å². The van der Waals surface area contributed by atoms with Crippen LogP contribution in [0.4, 0.5) is 5.82 Å². The Kier molecular flexibility index (Phi) is 5.31. The molecule has 7 heteroatoms. The molecule has 0 fully saturated rings. The average molecular weight is 241 g/mol. The topological polar surface area (TPSA) is 95.8 Å². The molecule has 0 aromatic carbocycles. The number of anilines is 1. The molecule has 1 aromatic heterocycles. The van der Waals surface area contributed by atoms with Gasteiger partial charge in [-0.2, -0.15) is 0 Å². The minimum Gasteiger partial charge on any atom is -0.476 e. The Morgan fingerprint density at radius 3 is 2.65 bits per heavy atom. The van der Waals surface area contributed by atoms with Crippen molar-refractivity contribution in [1.29, 1.82) is 0 Å². The third kappa shape index (κ3) is 3.97. The number of aromatic carboxylic acids is 1. The first kappa shape index (κ1) is 13.3. The van der Waals surface area contributed by atoms with Crippen molar-refractivity contribution in [1.82, 2.24) is 10.2 Å². The van der Waals surface area contributed by atoms with Gasteiger partial charge in [0.05, 0.1) is 13.2 Å². The third-order valence-corrected chi connectivity index (χ3v) is 2.13. The van der Waals surface area contributed by atoms with Gasteiger partial charge in [0.15, 0.2) is 11.5 Å². The van der Waals surface area contributed by atoms with Crippen molar-refractivity contribution in [3.05, 3.63) is 17.8 Å². The fourth-order valence-electron chi connectivity index (χ4n) is 1.27. The summed E-state index contributed by atoms with van der Waals surface area (Å²) in [6, 6.07) is 2.93. The fourth-order valence-corrected chi connectivity index (χ4v) is 1.27. The molecule has 7 nitrogen and oxygen atoms in total. The zero-order chi connectivity index (χ0) is 12.7. The van der Waals surface area contributed by atoms with Crippen LogP contribution in [0.5, 0.6) is 0 Å². The van der Waals surface area contributed by atoms with Crippen LogP contribution in [-0.2, 0) is 4.74 Å². The number of aliphatic hydroxyl groups is 1. The zero-order valence-electron chi connectivity index (χ0n) is 9.54. The summed E-state index contributed by atoms with van der Waals surface area (Å²) in [5.74, 6) is -0.601. The van der Waals surface area contributed by atoms with Crippen LogP contribution < -0.4 is 4.90 Å². The Labute approximate surface area is 98.7 Å². The molecule has 94 valence electrons. The molecule has 0 aliphatic heterocycles. The highest BCUT2D eigenvalue weighted by Crippen LogP contribution is 2.08. The van der Waals surface area contributed by atoms with Crippen LogP contribution >= 0.6 is 0 Å². The predicted octanol–water partition coefficient (Wildman–Crippen LogP) is -0.380. The number of ether oxygens (including phenoxy) is 1. The summed E-state index contributed by atoms with van der Waals surface area (Å²) in [7, 11) is 1.58. The van der Waals surface area contributed by atoms with Crippen molar-refractivity contribution < 1.29 is 19.7 Å². The summed E-state index contributed by atoms with van der Waals surface area (Å²) in [6.45, 7) is 1.41. The first-order valence-corrected chi connectivity index (χ1v) is 5.10. The normalized spacial score (nSPS) is 10.2. The number of carboxylic acid groups (broad SMARTS) is 1. The second-order valence-electron chi connectivity index (χ2n) is 3.29. The smallest absolute Gasteiger partial charge is 0.356 e. The van der Waals surface area contributed by atoms with Crippen LogP contribution in [0.1, 0.15) is 10.5 Å². The lowest BCUT2D eigenvalue weighted by Gasteiger charge is -2.21. The zero-order valence-corrected chi connectivity index (χ0v) is 9.54. The summed E-state index contributed by atoms with van der Waals surface area (Å²) in [5.41, 5.74) is -0.107. The largest absolute Gasteiger partial charge is 0.476 e. The van der Waals surface area contributed by atoms with Gasteiger partial charge >= 0.3 is 5.97 Å². The Hall–Kier alpha value is -1.73. The summed E-state index contributed by atoms with van der Waals surface area (Å²) in [6.07, 6.45) is 0. The van der Waals surface area contributed by atoms with Gasteiger partial charge in [0.25, 0.3) is 0 Å². The number of rotatable bonds is 7. The lowest BCUT2D eigenvalue weighted by atomic mass is 10.3. The van der Waals surface area contributed by atoms with Gasteiger partial charge in [-0.3, -0.25) is 0 Å². The Morgan fingerprint density at radius 2 is 2.18 bits per heavy atom. The van der Waals surface area contributed by atoms with Crippen LogP contribution in [-0.4, -0.2) is 59.8 Å². The van der Waals surface area contributed by atoms with E-state index in [1.807, 2.05) is 0 Å². The van der Waals surface area contributed by atoms with Gasteiger partial charge in [0.1, 0.15) is 0 Å². The van der Waals surface area contributed by atoms with E-state index in [9.17, 15) is 4.79 Å². The van der Waals surface area contributed by atoms with E-state index in [-0.39, 0.29) is 12.3 Å². The van der Waals surface area contributed by atoms with Gasteiger partial charge in [0, 0.05) is 20.2 Å². The van der Waals surface area contributed by atoms with E-state index >= 15 is 0 Å². The molecule has 0 spiro atoms. The van der Waals surface area contributed by atoms with Crippen LogP contribution in [0.15, 0.2) is 12.1 Å².